The summed E-state index contributed by atoms with van der Waals surface area (Å²) in [7, 11) is 0. The lowest BCUT2D eigenvalue weighted by atomic mass is 9.84. The average molecular weight is 452 g/mol. The number of fused-ring (bicyclic) bond motifs is 1. The molecule has 2 N–H and O–H groups in total. The molecular formula is C24H22F2N4O3. The number of carbonyl (C=O) groups excluding carboxylic acids is 1. The summed E-state index contributed by atoms with van der Waals surface area (Å²) in [6, 6.07) is 10.5. The van der Waals surface area contributed by atoms with Crippen molar-refractivity contribution in [2.75, 3.05) is 11.9 Å². The lowest BCUT2D eigenvalue weighted by Crippen LogP contribution is -2.31. The number of halogens is 2. The Balaban J connectivity index is 1.75. The minimum Gasteiger partial charge on any atom is -0.465 e. The molecule has 0 saturated carbocycles. The highest BCUT2D eigenvalue weighted by Crippen LogP contribution is 2.31. The Morgan fingerprint density at radius 3 is 2.45 bits per heavy atom. The Hall–Kier alpha value is -4.01. The van der Waals surface area contributed by atoms with E-state index in [1.165, 1.54) is 22.9 Å². The maximum Gasteiger partial charge on any atom is 0.315 e. The van der Waals surface area contributed by atoms with Crippen LogP contribution in [0.1, 0.15) is 26.3 Å². The zero-order valence-electron chi connectivity index (χ0n) is 18.3. The fraction of sp³-hybridized carbons (Fsp3) is 0.208. The third kappa shape index (κ3) is 3.97. The summed E-state index contributed by atoms with van der Waals surface area (Å²) in [6.45, 7) is 5.57. The molecule has 2 heterocycles. The summed E-state index contributed by atoms with van der Waals surface area (Å²) in [5.74, 6) is -1.84. The number of anilines is 2. The van der Waals surface area contributed by atoms with E-state index in [9.17, 15) is 18.4 Å². The number of nitrogens with zero attached hydrogens (tertiary/aromatic N) is 2. The molecule has 0 aliphatic heterocycles. The van der Waals surface area contributed by atoms with Crippen LogP contribution >= 0.6 is 0 Å². The number of esters is 1. The minimum absolute atomic E-state index is 0.0470. The summed E-state index contributed by atoms with van der Waals surface area (Å²) in [5, 5.41) is 3.04. The molecule has 0 atom stereocenters. The number of nitrogens with one attached hydrogen (secondary N) is 2. The van der Waals surface area contributed by atoms with E-state index < -0.39 is 22.6 Å². The number of imidazole rings is 1. The molecule has 4 rings (SSSR count). The first-order valence-electron chi connectivity index (χ1n) is 10.3. The second-order valence-corrected chi connectivity index (χ2v) is 7.94. The lowest BCUT2D eigenvalue weighted by molar-refractivity contribution is -0.148. The van der Waals surface area contributed by atoms with Crippen LogP contribution in [0, 0.1) is 11.6 Å². The lowest BCUT2D eigenvalue weighted by Gasteiger charge is -2.23. The fourth-order valence-electron chi connectivity index (χ4n) is 3.56. The fourth-order valence-corrected chi connectivity index (χ4v) is 3.56. The minimum atomic E-state index is -0.845. The van der Waals surface area contributed by atoms with Gasteiger partial charge in [0, 0.05) is 18.1 Å². The second-order valence-electron chi connectivity index (χ2n) is 7.94. The molecule has 0 fully saturated rings. The Morgan fingerprint density at radius 1 is 1.15 bits per heavy atom. The van der Waals surface area contributed by atoms with Gasteiger partial charge in [-0.3, -0.25) is 14.0 Å². The zero-order valence-corrected chi connectivity index (χ0v) is 18.3. The van der Waals surface area contributed by atoms with E-state index >= 15 is 0 Å². The number of H-pyrrole nitrogens is 1. The number of aromatic amines is 1. The number of benzene rings is 2. The van der Waals surface area contributed by atoms with E-state index in [1.807, 2.05) is 0 Å². The van der Waals surface area contributed by atoms with Crippen molar-refractivity contribution >= 4 is 23.0 Å². The smallest absolute Gasteiger partial charge is 0.315 e. The molecule has 2 aromatic heterocycles. The third-order valence-electron chi connectivity index (χ3n) is 5.41. The molecule has 0 aliphatic rings. The van der Waals surface area contributed by atoms with E-state index in [2.05, 4.69) is 15.3 Å². The number of aromatic nitrogens is 3. The van der Waals surface area contributed by atoms with Gasteiger partial charge < -0.3 is 15.0 Å². The first-order chi connectivity index (χ1) is 15.7. The molecule has 33 heavy (non-hydrogen) atoms. The van der Waals surface area contributed by atoms with E-state index in [0.29, 0.717) is 5.69 Å². The van der Waals surface area contributed by atoms with Crippen molar-refractivity contribution in [1.29, 1.82) is 0 Å². The molecular weight excluding hydrogens is 430 g/mol. The van der Waals surface area contributed by atoms with Crippen LogP contribution in [-0.4, -0.2) is 26.9 Å². The van der Waals surface area contributed by atoms with E-state index in [0.717, 1.165) is 17.7 Å². The highest BCUT2D eigenvalue weighted by atomic mass is 19.1. The molecule has 0 unspecified atom stereocenters. The number of rotatable bonds is 6. The van der Waals surface area contributed by atoms with Crippen molar-refractivity contribution in [3.63, 3.8) is 0 Å². The van der Waals surface area contributed by atoms with Crippen molar-refractivity contribution in [3.8, 4) is 11.4 Å². The van der Waals surface area contributed by atoms with Gasteiger partial charge in [0.05, 0.1) is 17.6 Å². The predicted molar refractivity (Wildman–Crippen MR) is 121 cm³/mol. The number of hydrogen-bond donors (Lipinski definition) is 2. The monoisotopic (exact) mass is 452 g/mol. The summed E-state index contributed by atoms with van der Waals surface area (Å²) >= 11 is 0. The molecule has 2 aromatic carbocycles. The largest absolute Gasteiger partial charge is 0.465 e. The normalized spacial score (nSPS) is 11.5. The van der Waals surface area contributed by atoms with Crippen molar-refractivity contribution in [1.82, 2.24) is 14.4 Å². The van der Waals surface area contributed by atoms with Gasteiger partial charge in [0.2, 0.25) is 0 Å². The Bertz CT molecular complexity index is 1370. The number of hydrogen-bond acceptors (Lipinski definition) is 5. The Kier molecular flexibility index (Phi) is 5.71. The van der Waals surface area contributed by atoms with Gasteiger partial charge in [-0.25, -0.2) is 13.8 Å². The molecule has 170 valence electrons. The van der Waals surface area contributed by atoms with Gasteiger partial charge in [0.1, 0.15) is 11.6 Å². The van der Waals surface area contributed by atoms with Crippen LogP contribution in [0.4, 0.5) is 20.3 Å². The van der Waals surface area contributed by atoms with Crippen LogP contribution < -0.4 is 10.9 Å². The standard InChI is InChI=1S/C24H22F2N4O3/c1-4-33-23(32)24(2,3)14-8-10-15(11-9-14)28-20-19-22(31)27-12-13-30(19)21(29-20)18-16(25)6-5-7-17(18)26/h5-13,28H,4H2,1-3H3,(H,27,31). The Labute approximate surface area is 188 Å². The van der Waals surface area contributed by atoms with E-state index in [4.69, 9.17) is 4.74 Å². The van der Waals surface area contributed by atoms with Crippen LogP contribution in [-0.2, 0) is 14.9 Å². The first kappa shape index (κ1) is 22.2. The second kappa shape index (κ2) is 8.50. The van der Waals surface area contributed by atoms with Crippen molar-refractivity contribution in [3.05, 3.63) is 82.4 Å². The van der Waals surface area contributed by atoms with Gasteiger partial charge >= 0.3 is 5.97 Å². The van der Waals surface area contributed by atoms with Crippen LogP contribution in [0.5, 0.6) is 0 Å². The van der Waals surface area contributed by atoms with Crippen molar-refractivity contribution in [2.45, 2.75) is 26.2 Å². The SMILES string of the molecule is CCOC(=O)C(C)(C)c1ccc(Nc2nc(-c3c(F)cccc3F)n3cc[nH]c(=O)c23)cc1. The topological polar surface area (TPSA) is 88.5 Å². The zero-order chi connectivity index (χ0) is 23.8. The van der Waals surface area contributed by atoms with Gasteiger partial charge in [0.25, 0.3) is 5.56 Å². The van der Waals surface area contributed by atoms with Gasteiger partial charge in [-0.15, -0.1) is 0 Å². The van der Waals surface area contributed by atoms with Crippen molar-refractivity contribution in [2.24, 2.45) is 0 Å². The maximum atomic E-state index is 14.4. The van der Waals surface area contributed by atoms with Crippen molar-refractivity contribution < 1.29 is 18.3 Å². The quantitative estimate of drug-likeness (QED) is 0.419. The molecule has 7 nitrogen and oxygen atoms in total. The summed E-state index contributed by atoms with van der Waals surface area (Å²) in [4.78, 5) is 31.7. The third-order valence-corrected chi connectivity index (χ3v) is 5.41. The molecule has 9 heteroatoms. The van der Waals surface area contributed by atoms with Crippen LogP contribution in [0.2, 0.25) is 0 Å². The summed E-state index contributed by atoms with van der Waals surface area (Å²) < 4.78 is 35.4. The van der Waals surface area contributed by atoms with E-state index in [1.54, 1.807) is 45.0 Å². The molecule has 4 aromatic rings. The van der Waals surface area contributed by atoms with Gasteiger partial charge in [0.15, 0.2) is 17.2 Å². The Morgan fingerprint density at radius 2 is 1.82 bits per heavy atom. The van der Waals surface area contributed by atoms with Gasteiger partial charge in [-0.05, 0) is 50.6 Å². The van der Waals surface area contributed by atoms with Crippen LogP contribution in [0.15, 0.2) is 59.7 Å². The maximum absolute atomic E-state index is 14.4. The van der Waals surface area contributed by atoms with E-state index in [-0.39, 0.29) is 35.3 Å². The average Bonchev–Trinajstić information content (AvgIpc) is 3.13. The first-order valence-corrected chi connectivity index (χ1v) is 10.3. The predicted octanol–water partition coefficient (Wildman–Crippen LogP) is 4.55. The van der Waals surface area contributed by atoms with Crippen LogP contribution in [0.3, 0.4) is 0 Å². The van der Waals surface area contributed by atoms with Gasteiger partial charge in [-0.1, -0.05) is 18.2 Å². The van der Waals surface area contributed by atoms with Gasteiger partial charge in [-0.2, -0.15) is 0 Å². The molecule has 0 saturated heterocycles. The molecule has 0 amide bonds. The summed E-state index contributed by atoms with van der Waals surface area (Å²) in [6.07, 6.45) is 2.84. The summed E-state index contributed by atoms with van der Waals surface area (Å²) in [5.41, 5.74) is -0.239. The molecule has 0 bridgehead atoms. The molecule has 0 radical (unpaired) electrons. The number of carbonyl (C=O) groups is 1. The van der Waals surface area contributed by atoms with Crippen LogP contribution in [0.25, 0.3) is 16.9 Å². The highest BCUT2D eigenvalue weighted by Gasteiger charge is 2.31. The molecule has 0 spiro atoms. The highest BCUT2D eigenvalue weighted by molar-refractivity contribution is 5.83. The molecule has 0 aliphatic carbocycles. The number of ether oxygens (including phenoxy) is 1.